The molecule has 0 spiro atoms. The van der Waals surface area contributed by atoms with Gasteiger partial charge in [-0.2, -0.15) is 0 Å². The van der Waals surface area contributed by atoms with E-state index in [1.807, 2.05) is 48.5 Å². The molecule has 0 aromatic heterocycles. The lowest BCUT2D eigenvalue weighted by molar-refractivity contribution is -0.113. The molecule has 0 bridgehead atoms. The molecule has 0 radical (unpaired) electrons. The monoisotopic (exact) mass is 419 g/mol. The largest absolute Gasteiger partial charge is 0.454 e. The van der Waals surface area contributed by atoms with Gasteiger partial charge in [0.1, 0.15) is 0 Å². The highest BCUT2D eigenvalue weighted by Gasteiger charge is 2.33. The van der Waals surface area contributed by atoms with Gasteiger partial charge >= 0.3 is 0 Å². The molecular formula is C17H10BrNO3S2. The van der Waals surface area contributed by atoms with Gasteiger partial charge in [-0.05, 0) is 35.9 Å². The highest BCUT2D eigenvalue weighted by atomic mass is 79.9. The zero-order valence-electron chi connectivity index (χ0n) is 12.2. The predicted octanol–water partition coefficient (Wildman–Crippen LogP) is 4.58. The first-order chi connectivity index (χ1) is 11.6. The number of fused-ring (bicyclic) bond motifs is 1. The smallest absolute Gasteiger partial charge is 0.270 e. The fourth-order valence-electron chi connectivity index (χ4n) is 2.45. The number of benzene rings is 2. The van der Waals surface area contributed by atoms with Crippen molar-refractivity contribution in [1.82, 2.24) is 0 Å². The molecule has 2 aliphatic rings. The molecule has 24 heavy (non-hydrogen) atoms. The summed E-state index contributed by atoms with van der Waals surface area (Å²) in [5.41, 5.74) is 1.61. The van der Waals surface area contributed by atoms with Crippen LogP contribution in [0.2, 0.25) is 0 Å². The van der Waals surface area contributed by atoms with Crippen LogP contribution in [0.3, 0.4) is 0 Å². The lowest BCUT2D eigenvalue weighted by Gasteiger charge is -2.13. The topological polar surface area (TPSA) is 38.8 Å². The molecule has 7 heteroatoms. The van der Waals surface area contributed by atoms with Gasteiger partial charge in [-0.15, -0.1) is 0 Å². The van der Waals surface area contributed by atoms with Gasteiger partial charge in [0.15, 0.2) is 15.8 Å². The van der Waals surface area contributed by atoms with Crippen molar-refractivity contribution in [2.24, 2.45) is 0 Å². The lowest BCUT2D eigenvalue weighted by atomic mass is 10.2. The van der Waals surface area contributed by atoms with E-state index in [9.17, 15) is 4.79 Å². The lowest BCUT2D eigenvalue weighted by Crippen LogP contribution is -2.27. The third-order valence-electron chi connectivity index (χ3n) is 3.59. The standard InChI is InChI=1S/C17H10BrNO3S2/c18-12-8-14-13(21-9-22-14)6-10(12)7-15-16(20)19(17(23)24-15)11-4-2-1-3-5-11/h1-8H,9H2/b15-7+. The third-order valence-corrected chi connectivity index (χ3v) is 5.58. The Kier molecular flexibility index (Phi) is 4.07. The van der Waals surface area contributed by atoms with Gasteiger partial charge in [0.2, 0.25) is 6.79 Å². The number of carbonyl (C=O) groups is 1. The molecule has 0 aliphatic carbocycles. The average molecular weight is 420 g/mol. The first-order valence-corrected chi connectivity index (χ1v) is 9.07. The van der Waals surface area contributed by atoms with E-state index in [-0.39, 0.29) is 12.7 Å². The molecule has 0 N–H and O–H groups in total. The summed E-state index contributed by atoms with van der Waals surface area (Å²) in [6, 6.07) is 13.1. The normalized spacial score (nSPS) is 17.9. The summed E-state index contributed by atoms with van der Waals surface area (Å²) in [7, 11) is 0. The van der Waals surface area contributed by atoms with Gasteiger partial charge in [-0.1, -0.05) is 58.1 Å². The number of nitrogens with zero attached hydrogens (tertiary/aromatic N) is 1. The fourth-order valence-corrected chi connectivity index (χ4v) is 4.18. The molecule has 1 fully saturated rings. The number of rotatable bonds is 2. The molecule has 0 unspecified atom stereocenters. The maximum Gasteiger partial charge on any atom is 0.270 e. The first kappa shape index (κ1) is 15.7. The third kappa shape index (κ3) is 2.72. The summed E-state index contributed by atoms with van der Waals surface area (Å²) in [5, 5.41) is 0. The van der Waals surface area contributed by atoms with Crippen molar-refractivity contribution in [1.29, 1.82) is 0 Å². The molecule has 1 amide bonds. The van der Waals surface area contributed by atoms with Crippen molar-refractivity contribution in [3.63, 3.8) is 0 Å². The van der Waals surface area contributed by atoms with Gasteiger partial charge in [0.25, 0.3) is 5.91 Å². The van der Waals surface area contributed by atoms with E-state index in [1.54, 1.807) is 4.90 Å². The number of amides is 1. The van der Waals surface area contributed by atoms with Crippen LogP contribution >= 0.6 is 39.9 Å². The van der Waals surface area contributed by atoms with Crippen LogP contribution in [0.1, 0.15) is 5.56 Å². The molecule has 4 rings (SSSR count). The van der Waals surface area contributed by atoms with Crippen LogP contribution in [0, 0.1) is 0 Å². The number of carbonyl (C=O) groups excluding carboxylic acids is 1. The van der Waals surface area contributed by atoms with Gasteiger partial charge in [0, 0.05) is 4.47 Å². The summed E-state index contributed by atoms with van der Waals surface area (Å²) < 4.78 is 12.1. The number of thioether (sulfide) groups is 1. The number of para-hydroxylation sites is 1. The molecule has 0 atom stereocenters. The van der Waals surface area contributed by atoms with Crippen molar-refractivity contribution >= 4 is 61.9 Å². The molecular weight excluding hydrogens is 410 g/mol. The van der Waals surface area contributed by atoms with E-state index in [1.165, 1.54) is 11.8 Å². The molecule has 0 saturated carbocycles. The maximum atomic E-state index is 12.7. The van der Waals surface area contributed by atoms with Crippen LogP contribution in [0.5, 0.6) is 11.5 Å². The minimum Gasteiger partial charge on any atom is -0.454 e. The van der Waals surface area contributed by atoms with Crippen molar-refractivity contribution < 1.29 is 14.3 Å². The second kappa shape index (κ2) is 6.23. The van der Waals surface area contributed by atoms with Gasteiger partial charge in [-0.3, -0.25) is 9.69 Å². The van der Waals surface area contributed by atoms with Crippen LogP contribution in [0.4, 0.5) is 5.69 Å². The van der Waals surface area contributed by atoms with Gasteiger partial charge in [0.05, 0.1) is 10.6 Å². The highest BCUT2D eigenvalue weighted by Crippen LogP contribution is 2.40. The molecule has 2 aromatic carbocycles. The van der Waals surface area contributed by atoms with E-state index in [0.717, 1.165) is 15.7 Å². The Morgan fingerprint density at radius 1 is 1.17 bits per heavy atom. The zero-order chi connectivity index (χ0) is 16.7. The minimum absolute atomic E-state index is 0.124. The summed E-state index contributed by atoms with van der Waals surface area (Å²) >= 11 is 10.2. The van der Waals surface area contributed by atoms with Gasteiger partial charge < -0.3 is 9.47 Å². The molecule has 4 nitrogen and oxygen atoms in total. The minimum atomic E-state index is -0.124. The number of anilines is 1. The number of halogens is 1. The Hall–Kier alpha value is -1.83. The first-order valence-electron chi connectivity index (χ1n) is 7.05. The number of ether oxygens (including phenoxy) is 2. The van der Waals surface area contributed by atoms with Crippen LogP contribution in [-0.2, 0) is 4.79 Å². The van der Waals surface area contributed by atoms with Gasteiger partial charge in [-0.25, -0.2) is 0 Å². The number of hydrogen-bond donors (Lipinski definition) is 0. The van der Waals surface area contributed by atoms with E-state index in [4.69, 9.17) is 21.7 Å². The van der Waals surface area contributed by atoms with Crippen LogP contribution in [-0.4, -0.2) is 17.0 Å². The maximum absolute atomic E-state index is 12.7. The van der Waals surface area contributed by atoms with E-state index < -0.39 is 0 Å². The fraction of sp³-hybridized carbons (Fsp3) is 0.0588. The van der Waals surface area contributed by atoms with Crippen molar-refractivity contribution in [3.05, 3.63) is 57.4 Å². The second-order valence-corrected chi connectivity index (χ2v) is 7.61. The molecule has 120 valence electrons. The average Bonchev–Trinajstić information content (AvgIpc) is 3.13. The van der Waals surface area contributed by atoms with Crippen molar-refractivity contribution in [2.45, 2.75) is 0 Å². The Morgan fingerprint density at radius 3 is 2.62 bits per heavy atom. The van der Waals surface area contributed by atoms with E-state index in [2.05, 4.69) is 15.9 Å². The predicted molar refractivity (Wildman–Crippen MR) is 102 cm³/mol. The summed E-state index contributed by atoms with van der Waals surface area (Å²) in [6.07, 6.45) is 1.81. The Bertz CT molecular complexity index is 883. The Balaban J connectivity index is 1.70. The van der Waals surface area contributed by atoms with E-state index in [0.29, 0.717) is 20.7 Å². The Morgan fingerprint density at radius 2 is 1.88 bits per heavy atom. The number of hydrogen-bond acceptors (Lipinski definition) is 5. The zero-order valence-corrected chi connectivity index (χ0v) is 15.4. The van der Waals surface area contributed by atoms with E-state index >= 15 is 0 Å². The SMILES string of the molecule is O=C1/C(=C\c2cc3c(cc2Br)OCO3)SC(=S)N1c1ccccc1. The summed E-state index contributed by atoms with van der Waals surface area (Å²) in [6.45, 7) is 0.210. The van der Waals surface area contributed by atoms with Crippen LogP contribution < -0.4 is 14.4 Å². The van der Waals surface area contributed by atoms with Crippen LogP contribution in [0.25, 0.3) is 6.08 Å². The summed E-state index contributed by atoms with van der Waals surface area (Å²) in [5.74, 6) is 1.24. The molecule has 2 aliphatic heterocycles. The highest BCUT2D eigenvalue weighted by molar-refractivity contribution is 9.10. The van der Waals surface area contributed by atoms with Crippen molar-refractivity contribution in [2.75, 3.05) is 11.7 Å². The molecule has 2 aromatic rings. The quantitative estimate of drug-likeness (QED) is 0.525. The second-order valence-electron chi connectivity index (χ2n) is 5.08. The molecule has 2 heterocycles. The Labute approximate surface area is 156 Å². The molecule has 1 saturated heterocycles. The summed E-state index contributed by atoms with van der Waals surface area (Å²) in [4.78, 5) is 14.9. The van der Waals surface area contributed by atoms with Crippen molar-refractivity contribution in [3.8, 4) is 11.5 Å². The van der Waals surface area contributed by atoms with Crippen LogP contribution in [0.15, 0.2) is 51.8 Å². The number of thiocarbonyl (C=S) groups is 1.